The van der Waals surface area contributed by atoms with Crippen LogP contribution in [0.25, 0.3) is 0 Å². The highest BCUT2D eigenvalue weighted by Gasteiger charge is 2.16. The molecule has 2 aromatic carbocycles. The fraction of sp³-hybridized carbons (Fsp3) is 0.222. The predicted octanol–water partition coefficient (Wildman–Crippen LogP) is 2.52. The third kappa shape index (κ3) is 5.68. The maximum Gasteiger partial charge on any atom is 0.339 e. The molecule has 0 aliphatic carbocycles. The van der Waals surface area contributed by atoms with Crippen molar-refractivity contribution in [1.29, 1.82) is 0 Å². The summed E-state index contributed by atoms with van der Waals surface area (Å²) in [5, 5.41) is 9.00. The Bertz CT molecular complexity index is 860. The summed E-state index contributed by atoms with van der Waals surface area (Å²) in [7, 11) is -3.50. The van der Waals surface area contributed by atoms with E-state index in [-0.39, 0.29) is 47.2 Å². The first-order chi connectivity index (χ1) is 12.4. The van der Waals surface area contributed by atoms with Gasteiger partial charge in [-0.05, 0) is 24.3 Å². The van der Waals surface area contributed by atoms with Gasteiger partial charge < -0.3 is 9.99 Å². The zero-order valence-electron chi connectivity index (χ0n) is 13.8. The first-order valence-corrected chi connectivity index (χ1v) is 9.46. The second-order valence-electron chi connectivity index (χ2n) is 5.38. The van der Waals surface area contributed by atoms with Crippen LogP contribution in [0.4, 0.5) is 0 Å². The monoisotopic (exact) mass is 378 g/mol. The van der Waals surface area contributed by atoms with Crippen molar-refractivity contribution in [2.45, 2.75) is 17.7 Å². The van der Waals surface area contributed by atoms with Crippen LogP contribution in [-0.4, -0.2) is 37.6 Å². The molecule has 0 spiro atoms. The second-order valence-corrected chi connectivity index (χ2v) is 7.49. The molecule has 0 saturated heterocycles. The zero-order chi connectivity index (χ0) is 19.0. The summed E-state index contributed by atoms with van der Waals surface area (Å²) in [5.74, 6) is -1.71. The quantitative estimate of drug-likeness (QED) is 0.384. The van der Waals surface area contributed by atoms with Crippen LogP contribution in [0.3, 0.4) is 0 Å². The number of benzene rings is 2. The van der Waals surface area contributed by atoms with Crippen molar-refractivity contribution in [2.75, 3.05) is 12.4 Å². The maximum atomic E-state index is 12.1. The Morgan fingerprint density at radius 1 is 0.923 bits per heavy atom. The summed E-state index contributed by atoms with van der Waals surface area (Å²) >= 11 is 0. The van der Waals surface area contributed by atoms with Gasteiger partial charge in [-0.15, -0.1) is 0 Å². The van der Waals surface area contributed by atoms with Gasteiger partial charge in [0.05, 0.1) is 10.6 Å². The molecule has 2 rings (SSSR count). The van der Waals surface area contributed by atoms with Gasteiger partial charge in [-0.2, -0.15) is 4.89 Å². The van der Waals surface area contributed by atoms with Crippen molar-refractivity contribution in [3.8, 4) is 5.75 Å². The molecule has 8 heteroatoms. The number of hydrogen-bond donors (Lipinski definition) is 1. The number of carbonyl (C=O) groups is 2. The number of carboxylic acids is 1. The fourth-order valence-electron chi connectivity index (χ4n) is 2.10. The van der Waals surface area contributed by atoms with E-state index < -0.39 is 15.8 Å². The molecule has 138 valence electrons. The Balaban J connectivity index is 1.75. The Morgan fingerprint density at radius 2 is 1.58 bits per heavy atom. The molecule has 0 saturated carbocycles. The number of para-hydroxylation sites is 1. The Hall–Kier alpha value is -2.71. The fourth-order valence-corrected chi connectivity index (χ4v) is 3.40. The minimum absolute atomic E-state index is 0.0269. The normalized spacial score (nSPS) is 11.1. The van der Waals surface area contributed by atoms with E-state index in [9.17, 15) is 18.0 Å². The van der Waals surface area contributed by atoms with Crippen LogP contribution in [0.1, 0.15) is 23.2 Å². The molecule has 2 aromatic rings. The molecule has 0 bridgehead atoms. The maximum absolute atomic E-state index is 12.1. The van der Waals surface area contributed by atoms with Crippen LogP contribution in [0.2, 0.25) is 0 Å². The average Bonchev–Trinajstić information content (AvgIpc) is 2.64. The van der Waals surface area contributed by atoms with Crippen LogP contribution in [0.5, 0.6) is 5.75 Å². The molecule has 0 aliphatic heterocycles. The van der Waals surface area contributed by atoms with E-state index >= 15 is 0 Å². The number of hydrogen-bond acceptors (Lipinski definition) is 6. The van der Waals surface area contributed by atoms with E-state index in [2.05, 4.69) is 0 Å². The molecule has 26 heavy (non-hydrogen) atoms. The first kappa shape index (κ1) is 19.6. The third-order valence-corrected chi connectivity index (χ3v) is 5.21. The smallest absolute Gasteiger partial charge is 0.339 e. The molecule has 7 nitrogen and oxygen atoms in total. The van der Waals surface area contributed by atoms with Crippen molar-refractivity contribution in [2.24, 2.45) is 0 Å². The van der Waals surface area contributed by atoms with Crippen LogP contribution in [0, 0.1) is 0 Å². The Morgan fingerprint density at radius 3 is 2.27 bits per heavy atom. The third-order valence-electron chi connectivity index (χ3n) is 3.48. The summed E-state index contributed by atoms with van der Waals surface area (Å²) in [6, 6.07) is 13.8. The van der Waals surface area contributed by atoms with Gasteiger partial charge in [0.1, 0.15) is 18.0 Å². The number of ketones is 1. The van der Waals surface area contributed by atoms with Crippen molar-refractivity contribution in [3.63, 3.8) is 0 Å². The minimum atomic E-state index is -3.50. The van der Waals surface area contributed by atoms with Gasteiger partial charge in [0.2, 0.25) is 0 Å². The van der Waals surface area contributed by atoms with Gasteiger partial charge >= 0.3 is 5.97 Å². The molecule has 0 heterocycles. The lowest BCUT2D eigenvalue weighted by Crippen LogP contribution is -2.13. The van der Waals surface area contributed by atoms with Gasteiger partial charge in [-0.3, -0.25) is 4.79 Å². The van der Waals surface area contributed by atoms with Gasteiger partial charge in [-0.25, -0.2) is 13.2 Å². The Kier molecular flexibility index (Phi) is 6.88. The summed E-state index contributed by atoms with van der Waals surface area (Å²) in [6.45, 7) is -0.113. The van der Waals surface area contributed by atoms with E-state index in [4.69, 9.17) is 14.9 Å². The molecule has 0 amide bonds. The average molecular weight is 378 g/mol. The van der Waals surface area contributed by atoms with Crippen LogP contribution < -0.4 is 4.89 Å². The molecule has 1 N–H and O–H groups in total. The first-order valence-electron chi connectivity index (χ1n) is 7.81. The molecule has 0 aliphatic rings. The molecular weight excluding hydrogens is 360 g/mol. The molecule has 0 atom stereocenters. The lowest BCUT2D eigenvalue weighted by Gasteiger charge is -2.07. The molecular formula is C18H18O7S. The van der Waals surface area contributed by atoms with Crippen LogP contribution >= 0.6 is 0 Å². The van der Waals surface area contributed by atoms with Crippen molar-refractivity contribution in [1.82, 2.24) is 0 Å². The number of aromatic carboxylic acids is 1. The van der Waals surface area contributed by atoms with E-state index in [1.165, 1.54) is 24.3 Å². The lowest BCUT2D eigenvalue weighted by atomic mass is 10.2. The second kappa shape index (κ2) is 9.12. The van der Waals surface area contributed by atoms with Gasteiger partial charge in [0.25, 0.3) is 0 Å². The summed E-state index contributed by atoms with van der Waals surface area (Å²) < 4.78 is 24.2. The van der Waals surface area contributed by atoms with E-state index in [1.807, 2.05) is 0 Å². The van der Waals surface area contributed by atoms with Gasteiger partial charge in [0, 0.05) is 12.8 Å². The van der Waals surface area contributed by atoms with Crippen molar-refractivity contribution >= 4 is 21.6 Å². The zero-order valence-corrected chi connectivity index (χ0v) is 14.6. The lowest BCUT2D eigenvalue weighted by molar-refractivity contribution is -0.207. The molecule has 0 unspecified atom stereocenters. The van der Waals surface area contributed by atoms with Gasteiger partial charge in [0.15, 0.2) is 15.6 Å². The summed E-state index contributed by atoms with van der Waals surface area (Å²) in [5.41, 5.74) is -0.0622. The molecule has 0 aromatic heterocycles. The van der Waals surface area contributed by atoms with Crippen LogP contribution in [-0.2, 0) is 19.5 Å². The number of rotatable bonds is 10. The van der Waals surface area contributed by atoms with E-state index in [1.54, 1.807) is 30.3 Å². The number of carbonyl (C=O) groups excluding carboxylic acids is 1. The van der Waals surface area contributed by atoms with Crippen molar-refractivity contribution < 1.29 is 32.9 Å². The minimum Gasteiger partial charge on any atom is -0.478 e. The summed E-state index contributed by atoms with van der Waals surface area (Å²) in [6.07, 6.45) is -0.175. The van der Waals surface area contributed by atoms with Crippen LogP contribution in [0.15, 0.2) is 59.5 Å². The SMILES string of the molecule is O=C(CCOOc1ccccc1C(=O)O)CCS(=O)(=O)c1ccccc1. The Labute approximate surface area is 151 Å². The number of carboxylic acid groups (broad SMARTS) is 1. The molecule has 0 fully saturated rings. The highest BCUT2D eigenvalue weighted by Crippen LogP contribution is 2.18. The number of sulfone groups is 1. The van der Waals surface area contributed by atoms with E-state index in [0.717, 1.165) is 0 Å². The molecule has 0 radical (unpaired) electrons. The summed E-state index contributed by atoms with van der Waals surface area (Å²) in [4.78, 5) is 32.8. The van der Waals surface area contributed by atoms with E-state index in [0.29, 0.717) is 0 Å². The number of Topliss-reactive ketones (excluding diaryl/α,β-unsaturated/α-hetero) is 1. The highest BCUT2D eigenvalue weighted by atomic mass is 32.2. The topological polar surface area (TPSA) is 107 Å². The standard InChI is InChI=1S/C18H18O7S/c19-14(11-13-26(22,23)15-6-2-1-3-7-15)10-12-24-25-17-9-5-4-8-16(17)18(20)21/h1-9H,10-13H2,(H,20,21). The van der Waals surface area contributed by atoms with Crippen molar-refractivity contribution in [3.05, 3.63) is 60.2 Å². The predicted molar refractivity (Wildman–Crippen MR) is 92.7 cm³/mol. The highest BCUT2D eigenvalue weighted by molar-refractivity contribution is 7.91. The largest absolute Gasteiger partial charge is 0.478 e. The van der Waals surface area contributed by atoms with Gasteiger partial charge in [-0.1, -0.05) is 30.3 Å².